The number of carbonyl (C=O) groups is 1. The van der Waals surface area contributed by atoms with Crippen LogP contribution in [0.1, 0.15) is 30.1 Å². The van der Waals surface area contributed by atoms with Crippen LogP contribution in [0.5, 0.6) is 0 Å². The molecule has 4 N–H and O–H groups in total. The molecule has 2 rings (SSSR count). The van der Waals surface area contributed by atoms with E-state index in [1.165, 1.54) is 12.8 Å². The molecule has 1 fully saturated rings. The summed E-state index contributed by atoms with van der Waals surface area (Å²) < 4.78 is 0. The first-order chi connectivity index (χ1) is 6.25. The highest BCUT2D eigenvalue weighted by Crippen LogP contribution is 2.38. The van der Waals surface area contributed by atoms with Crippen molar-refractivity contribution in [2.45, 2.75) is 25.3 Å². The van der Waals surface area contributed by atoms with Crippen LogP contribution in [0, 0.1) is 0 Å². The van der Waals surface area contributed by atoms with E-state index in [0.29, 0.717) is 12.5 Å². The number of rotatable bonds is 3. The summed E-state index contributed by atoms with van der Waals surface area (Å²) in [7, 11) is 0. The number of hydrogen-bond donors (Lipinski definition) is 3. The van der Waals surface area contributed by atoms with Gasteiger partial charge in [-0.15, -0.1) is 0 Å². The van der Waals surface area contributed by atoms with Crippen LogP contribution < -0.4 is 11.1 Å². The van der Waals surface area contributed by atoms with Crippen LogP contribution in [0.2, 0.25) is 0 Å². The maximum absolute atomic E-state index is 10.4. The summed E-state index contributed by atoms with van der Waals surface area (Å²) in [5.41, 5.74) is 6.94. The number of nitrogens with two attached hydrogens (primary N) is 1. The number of aromatic amines is 1. The zero-order chi connectivity index (χ0) is 9.26. The Balaban J connectivity index is 1.92. The summed E-state index contributed by atoms with van der Waals surface area (Å²) in [5, 5.41) is 9.50. The average molecular weight is 180 g/mol. The van der Waals surface area contributed by atoms with Crippen molar-refractivity contribution in [1.82, 2.24) is 15.5 Å². The lowest BCUT2D eigenvalue weighted by atomic mass is 10.3. The highest BCUT2D eigenvalue weighted by molar-refractivity contribution is 5.71. The molecule has 0 saturated heterocycles. The Labute approximate surface area is 75.7 Å². The van der Waals surface area contributed by atoms with Gasteiger partial charge in [0.2, 0.25) is 0 Å². The summed E-state index contributed by atoms with van der Waals surface area (Å²) in [6.45, 7) is 0.426. The molecule has 5 nitrogen and oxygen atoms in total. The normalized spacial score (nSPS) is 15.7. The number of urea groups is 1. The van der Waals surface area contributed by atoms with Gasteiger partial charge in [-0.2, -0.15) is 5.10 Å². The van der Waals surface area contributed by atoms with Gasteiger partial charge >= 0.3 is 6.03 Å². The number of H-pyrrole nitrogens is 1. The smallest absolute Gasteiger partial charge is 0.312 e. The van der Waals surface area contributed by atoms with Crippen LogP contribution in [-0.2, 0) is 6.54 Å². The summed E-state index contributed by atoms with van der Waals surface area (Å²) >= 11 is 0. The topological polar surface area (TPSA) is 83.8 Å². The van der Waals surface area contributed by atoms with Crippen molar-refractivity contribution >= 4 is 6.03 Å². The number of primary amides is 1. The number of amides is 2. The first-order valence-corrected chi connectivity index (χ1v) is 4.33. The molecule has 13 heavy (non-hydrogen) atoms. The Bertz CT molecular complexity index is 316. The largest absolute Gasteiger partial charge is 0.352 e. The molecule has 1 saturated carbocycles. The minimum atomic E-state index is -0.512. The van der Waals surface area contributed by atoms with E-state index in [9.17, 15) is 4.79 Å². The Morgan fingerprint density at radius 2 is 2.54 bits per heavy atom. The van der Waals surface area contributed by atoms with Crippen LogP contribution in [0.3, 0.4) is 0 Å². The number of nitrogens with zero attached hydrogens (tertiary/aromatic N) is 1. The highest BCUT2D eigenvalue weighted by Gasteiger charge is 2.25. The molecule has 2 amide bonds. The molecule has 1 aliphatic rings. The van der Waals surface area contributed by atoms with Crippen molar-refractivity contribution in [3.05, 3.63) is 17.5 Å². The molecule has 0 radical (unpaired) electrons. The lowest BCUT2D eigenvalue weighted by Gasteiger charge is -1.96. The van der Waals surface area contributed by atoms with Gasteiger partial charge in [0.25, 0.3) is 0 Å². The molecule has 0 spiro atoms. The molecule has 0 unspecified atom stereocenters. The zero-order valence-corrected chi connectivity index (χ0v) is 7.21. The summed E-state index contributed by atoms with van der Waals surface area (Å²) in [6.07, 6.45) is 2.46. The third-order valence-corrected chi connectivity index (χ3v) is 2.10. The Morgan fingerprint density at radius 3 is 3.15 bits per heavy atom. The predicted octanol–water partition coefficient (Wildman–Crippen LogP) is 0.455. The van der Waals surface area contributed by atoms with Gasteiger partial charge in [0.05, 0.1) is 17.9 Å². The predicted molar refractivity (Wildman–Crippen MR) is 47.0 cm³/mol. The Kier molecular flexibility index (Phi) is 1.92. The molecular weight excluding hydrogens is 168 g/mol. The maximum Gasteiger partial charge on any atom is 0.312 e. The van der Waals surface area contributed by atoms with Gasteiger partial charge in [-0.3, -0.25) is 5.10 Å². The van der Waals surface area contributed by atoms with E-state index >= 15 is 0 Å². The summed E-state index contributed by atoms with van der Waals surface area (Å²) in [6, 6.07) is 1.47. The average Bonchev–Trinajstić information content (AvgIpc) is 2.83. The lowest BCUT2D eigenvalue weighted by molar-refractivity contribution is 0.248. The number of aromatic nitrogens is 2. The van der Waals surface area contributed by atoms with Gasteiger partial charge in [-0.25, -0.2) is 4.79 Å². The highest BCUT2D eigenvalue weighted by atomic mass is 16.2. The molecule has 5 heteroatoms. The minimum absolute atomic E-state index is 0.426. The van der Waals surface area contributed by atoms with Gasteiger partial charge in [-0.05, 0) is 18.9 Å². The Morgan fingerprint density at radius 1 is 1.77 bits per heavy atom. The van der Waals surface area contributed by atoms with Crippen molar-refractivity contribution in [2.75, 3.05) is 0 Å². The molecule has 0 atom stereocenters. The van der Waals surface area contributed by atoms with Crippen LogP contribution in [0.25, 0.3) is 0 Å². The van der Waals surface area contributed by atoms with Gasteiger partial charge in [-0.1, -0.05) is 0 Å². The SMILES string of the molecule is NC(=O)NCc1cc(C2CC2)n[nH]1. The monoisotopic (exact) mass is 180 g/mol. The fraction of sp³-hybridized carbons (Fsp3) is 0.500. The third kappa shape index (κ3) is 1.99. The number of nitrogens with one attached hydrogen (secondary N) is 2. The van der Waals surface area contributed by atoms with Crippen molar-refractivity contribution in [3.63, 3.8) is 0 Å². The number of carbonyl (C=O) groups excluding carboxylic acids is 1. The molecule has 0 aromatic carbocycles. The number of hydrogen-bond acceptors (Lipinski definition) is 2. The first kappa shape index (κ1) is 8.10. The molecular formula is C8H12N4O. The van der Waals surface area contributed by atoms with Gasteiger partial charge < -0.3 is 11.1 Å². The van der Waals surface area contributed by atoms with E-state index in [4.69, 9.17) is 5.73 Å². The van der Waals surface area contributed by atoms with E-state index in [1.54, 1.807) is 0 Å². The second-order valence-electron chi connectivity index (χ2n) is 3.31. The second kappa shape index (κ2) is 3.08. The second-order valence-corrected chi connectivity index (χ2v) is 3.31. The first-order valence-electron chi connectivity index (χ1n) is 4.33. The summed E-state index contributed by atoms with van der Waals surface area (Å²) in [5.74, 6) is 0.638. The minimum Gasteiger partial charge on any atom is -0.352 e. The fourth-order valence-corrected chi connectivity index (χ4v) is 1.24. The van der Waals surface area contributed by atoms with E-state index in [0.717, 1.165) is 11.4 Å². The van der Waals surface area contributed by atoms with E-state index in [2.05, 4.69) is 15.5 Å². The zero-order valence-electron chi connectivity index (χ0n) is 7.21. The van der Waals surface area contributed by atoms with Gasteiger partial charge in [0, 0.05) is 5.92 Å². The van der Waals surface area contributed by atoms with Crippen LogP contribution in [-0.4, -0.2) is 16.2 Å². The van der Waals surface area contributed by atoms with Crippen LogP contribution >= 0.6 is 0 Å². The van der Waals surface area contributed by atoms with Crippen molar-refractivity contribution in [2.24, 2.45) is 5.73 Å². The molecule has 0 aliphatic heterocycles. The van der Waals surface area contributed by atoms with Crippen molar-refractivity contribution < 1.29 is 4.79 Å². The molecule has 1 aliphatic carbocycles. The maximum atomic E-state index is 10.4. The van der Waals surface area contributed by atoms with E-state index in [-0.39, 0.29) is 0 Å². The fourth-order valence-electron chi connectivity index (χ4n) is 1.24. The molecule has 70 valence electrons. The molecule has 1 aromatic heterocycles. The Hall–Kier alpha value is -1.52. The quantitative estimate of drug-likeness (QED) is 0.631. The summed E-state index contributed by atoms with van der Waals surface area (Å²) in [4.78, 5) is 10.4. The molecule has 1 aromatic rings. The van der Waals surface area contributed by atoms with E-state index in [1.807, 2.05) is 6.07 Å². The molecule has 1 heterocycles. The molecule has 0 bridgehead atoms. The lowest BCUT2D eigenvalue weighted by Crippen LogP contribution is -2.28. The van der Waals surface area contributed by atoms with Crippen molar-refractivity contribution in [3.8, 4) is 0 Å². The van der Waals surface area contributed by atoms with Gasteiger partial charge in [0.15, 0.2) is 0 Å². The van der Waals surface area contributed by atoms with Crippen LogP contribution in [0.4, 0.5) is 4.79 Å². The van der Waals surface area contributed by atoms with Gasteiger partial charge in [0.1, 0.15) is 0 Å². The van der Waals surface area contributed by atoms with Crippen LogP contribution in [0.15, 0.2) is 6.07 Å². The van der Waals surface area contributed by atoms with Crippen molar-refractivity contribution in [1.29, 1.82) is 0 Å². The third-order valence-electron chi connectivity index (χ3n) is 2.10. The van der Waals surface area contributed by atoms with E-state index < -0.39 is 6.03 Å². The standard InChI is InChI=1S/C8H12N4O/c9-8(13)10-4-6-3-7(12-11-6)5-1-2-5/h3,5H,1-2,4H2,(H,11,12)(H3,9,10,13).